The van der Waals surface area contributed by atoms with E-state index in [0.717, 1.165) is 25.7 Å². The number of benzene rings is 2. The number of fused-ring (bicyclic) bond motifs is 2. The molecule has 0 spiro atoms. The van der Waals surface area contributed by atoms with E-state index in [9.17, 15) is 18.0 Å². The summed E-state index contributed by atoms with van der Waals surface area (Å²) in [5.41, 5.74) is 0.363. The van der Waals surface area contributed by atoms with Crippen LogP contribution in [-0.4, -0.2) is 59.8 Å². The van der Waals surface area contributed by atoms with Gasteiger partial charge in [0.15, 0.2) is 5.75 Å². The van der Waals surface area contributed by atoms with E-state index in [0.29, 0.717) is 17.5 Å². The molecular weight excluding hydrogens is 595 g/mol. The molecule has 2 bridgehead atoms. The van der Waals surface area contributed by atoms with Crippen molar-refractivity contribution >= 4 is 50.9 Å². The van der Waals surface area contributed by atoms with E-state index in [1.807, 2.05) is 0 Å². The Morgan fingerprint density at radius 2 is 1.61 bits per heavy atom. The number of nitrogens with zero attached hydrogens (tertiary/aromatic N) is 1. The number of carbonyl (C=O) groups excluding carboxylic acids is 2. The van der Waals surface area contributed by atoms with Crippen molar-refractivity contribution in [1.29, 1.82) is 0 Å². The zero-order chi connectivity index (χ0) is 29.7. The van der Waals surface area contributed by atoms with Crippen LogP contribution >= 0.6 is 23.2 Å². The molecule has 0 radical (unpaired) electrons. The minimum Gasteiger partial charge on any atom is -0.495 e. The second-order valence-corrected chi connectivity index (χ2v) is 12.5. The number of rotatable bonds is 13. The van der Waals surface area contributed by atoms with Gasteiger partial charge in [-0.2, -0.15) is 0 Å². The standard InChI is InChI=1S/C28H34Cl2N2O8S/c1-4-38-26(33)15-32(16-27(34)39-5-2)19-12-21(29)28(22(30)13-19)40-20-8-9-24(37-3)25(14-20)41(35,36)31-23-11-17-6-7-18(23)10-17/h8-9,12-14,17-18,23,31H,4-7,10-11,15-16H2,1-3H3. The molecule has 224 valence electrons. The topological polar surface area (TPSA) is 120 Å². The lowest BCUT2D eigenvalue weighted by Gasteiger charge is -2.24. The van der Waals surface area contributed by atoms with Gasteiger partial charge in [-0.3, -0.25) is 9.59 Å². The lowest BCUT2D eigenvalue weighted by Crippen LogP contribution is -2.38. The molecule has 2 aromatic rings. The molecule has 10 nitrogen and oxygen atoms in total. The first-order chi connectivity index (χ1) is 19.5. The Balaban J connectivity index is 1.58. The van der Waals surface area contributed by atoms with Gasteiger partial charge in [-0.1, -0.05) is 29.6 Å². The maximum absolute atomic E-state index is 13.4. The van der Waals surface area contributed by atoms with Gasteiger partial charge in [0.25, 0.3) is 0 Å². The maximum Gasteiger partial charge on any atom is 0.325 e. The Morgan fingerprint density at radius 1 is 0.976 bits per heavy atom. The zero-order valence-corrected chi connectivity index (χ0v) is 25.5. The van der Waals surface area contributed by atoms with Crippen molar-refractivity contribution in [2.24, 2.45) is 11.8 Å². The van der Waals surface area contributed by atoms with Crippen LogP contribution in [0.3, 0.4) is 0 Å². The van der Waals surface area contributed by atoms with Crippen molar-refractivity contribution in [3.63, 3.8) is 0 Å². The number of esters is 2. The summed E-state index contributed by atoms with van der Waals surface area (Å²) in [4.78, 5) is 25.7. The van der Waals surface area contributed by atoms with Crippen LogP contribution in [0.2, 0.25) is 10.0 Å². The normalized spacial score (nSPS) is 19.6. The van der Waals surface area contributed by atoms with Crippen molar-refractivity contribution in [2.45, 2.75) is 50.5 Å². The Kier molecular flexibility index (Phi) is 10.3. The van der Waals surface area contributed by atoms with Gasteiger partial charge in [0.05, 0.1) is 30.4 Å². The molecular formula is C28H34Cl2N2O8S. The average Bonchev–Trinajstić information content (AvgIpc) is 3.53. The summed E-state index contributed by atoms with van der Waals surface area (Å²) in [7, 11) is -2.51. The summed E-state index contributed by atoms with van der Waals surface area (Å²) in [6.07, 6.45) is 4.07. The fraction of sp³-hybridized carbons (Fsp3) is 0.500. The van der Waals surface area contributed by atoms with Crippen molar-refractivity contribution in [3.8, 4) is 17.2 Å². The van der Waals surface area contributed by atoms with E-state index in [-0.39, 0.29) is 64.5 Å². The van der Waals surface area contributed by atoms with Crippen LogP contribution in [0.4, 0.5) is 5.69 Å². The average molecular weight is 630 g/mol. The molecule has 2 aromatic carbocycles. The number of hydrogen-bond acceptors (Lipinski definition) is 9. The number of sulfonamides is 1. The summed E-state index contributed by atoms with van der Waals surface area (Å²) in [6, 6.07) is 7.28. The molecule has 3 unspecified atom stereocenters. The highest BCUT2D eigenvalue weighted by Gasteiger charge is 2.41. The fourth-order valence-electron chi connectivity index (χ4n) is 5.49. The monoisotopic (exact) mass is 628 g/mol. The Hall–Kier alpha value is -2.73. The van der Waals surface area contributed by atoms with Gasteiger partial charge in [0, 0.05) is 17.8 Å². The van der Waals surface area contributed by atoms with Gasteiger partial charge in [0.2, 0.25) is 10.0 Å². The van der Waals surface area contributed by atoms with Crippen LogP contribution < -0.4 is 19.1 Å². The molecule has 0 aromatic heterocycles. The molecule has 0 aliphatic heterocycles. The minimum absolute atomic E-state index is 0.0563. The van der Waals surface area contributed by atoms with Gasteiger partial charge in [-0.15, -0.1) is 0 Å². The number of anilines is 1. The van der Waals surface area contributed by atoms with Crippen molar-refractivity contribution in [3.05, 3.63) is 40.4 Å². The molecule has 2 saturated carbocycles. The first-order valence-corrected chi connectivity index (χ1v) is 15.7. The molecule has 41 heavy (non-hydrogen) atoms. The second-order valence-electron chi connectivity index (χ2n) is 10.0. The molecule has 0 saturated heterocycles. The van der Waals surface area contributed by atoms with E-state index in [4.69, 9.17) is 42.1 Å². The van der Waals surface area contributed by atoms with Crippen molar-refractivity contribution in [1.82, 2.24) is 4.72 Å². The van der Waals surface area contributed by atoms with Crippen LogP contribution in [0, 0.1) is 11.8 Å². The molecule has 13 heteroatoms. The van der Waals surface area contributed by atoms with Crippen LogP contribution in [0.1, 0.15) is 39.5 Å². The Bertz CT molecular complexity index is 1340. The van der Waals surface area contributed by atoms with E-state index < -0.39 is 22.0 Å². The van der Waals surface area contributed by atoms with Gasteiger partial charge < -0.3 is 23.8 Å². The highest BCUT2D eigenvalue weighted by atomic mass is 35.5. The van der Waals surface area contributed by atoms with Gasteiger partial charge >= 0.3 is 11.9 Å². The lowest BCUT2D eigenvalue weighted by atomic mass is 9.96. The first kappa shape index (κ1) is 31.2. The summed E-state index contributed by atoms with van der Waals surface area (Å²) >= 11 is 13.1. The van der Waals surface area contributed by atoms with Crippen LogP contribution in [0.15, 0.2) is 35.2 Å². The lowest BCUT2D eigenvalue weighted by molar-refractivity contribution is -0.142. The first-order valence-electron chi connectivity index (χ1n) is 13.5. The van der Waals surface area contributed by atoms with Gasteiger partial charge in [-0.05, 0) is 69.2 Å². The third-order valence-corrected chi connectivity index (χ3v) is 9.36. The maximum atomic E-state index is 13.4. The zero-order valence-electron chi connectivity index (χ0n) is 23.2. The number of nitrogens with one attached hydrogen (secondary N) is 1. The van der Waals surface area contributed by atoms with E-state index in [1.54, 1.807) is 19.9 Å². The Labute approximate surface area is 250 Å². The molecule has 2 aliphatic carbocycles. The number of methoxy groups -OCH3 is 1. The number of carbonyl (C=O) groups is 2. The summed E-state index contributed by atoms with van der Waals surface area (Å²) in [5, 5.41) is 0.149. The van der Waals surface area contributed by atoms with E-state index >= 15 is 0 Å². The van der Waals surface area contributed by atoms with E-state index in [2.05, 4.69) is 4.72 Å². The molecule has 2 aliphatic rings. The molecule has 3 atom stereocenters. The number of ether oxygens (including phenoxy) is 4. The number of halogens is 2. The smallest absolute Gasteiger partial charge is 0.325 e. The summed E-state index contributed by atoms with van der Waals surface area (Å²) in [5.74, 6) is 0.245. The minimum atomic E-state index is -3.91. The molecule has 0 amide bonds. The predicted octanol–water partition coefficient (Wildman–Crippen LogP) is 5.19. The highest BCUT2D eigenvalue weighted by molar-refractivity contribution is 7.89. The van der Waals surface area contributed by atoms with Crippen LogP contribution in [0.5, 0.6) is 17.2 Å². The second kappa shape index (κ2) is 13.5. The largest absolute Gasteiger partial charge is 0.495 e. The Morgan fingerprint density at radius 3 is 2.12 bits per heavy atom. The van der Waals surface area contributed by atoms with Gasteiger partial charge in [-0.25, -0.2) is 13.1 Å². The van der Waals surface area contributed by atoms with E-state index in [1.165, 1.54) is 36.3 Å². The number of hydrogen-bond donors (Lipinski definition) is 1. The summed E-state index contributed by atoms with van der Waals surface area (Å²) < 4.78 is 51.0. The van der Waals surface area contributed by atoms with Crippen molar-refractivity contribution in [2.75, 3.05) is 38.3 Å². The van der Waals surface area contributed by atoms with Crippen LogP contribution in [0.25, 0.3) is 0 Å². The molecule has 0 heterocycles. The molecule has 4 rings (SSSR count). The van der Waals surface area contributed by atoms with Crippen LogP contribution in [-0.2, 0) is 29.1 Å². The highest BCUT2D eigenvalue weighted by Crippen LogP contribution is 2.45. The fourth-order valence-corrected chi connectivity index (χ4v) is 7.54. The third kappa shape index (κ3) is 7.57. The third-order valence-electron chi connectivity index (χ3n) is 7.29. The van der Waals surface area contributed by atoms with Crippen molar-refractivity contribution < 1.29 is 37.0 Å². The quantitative estimate of drug-likeness (QED) is 0.299. The molecule has 1 N–H and O–H groups in total. The predicted molar refractivity (Wildman–Crippen MR) is 155 cm³/mol. The van der Waals surface area contributed by atoms with Gasteiger partial charge in [0.1, 0.15) is 29.5 Å². The SMILES string of the molecule is CCOC(=O)CN(CC(=O)OCC)c1cc(Cl)c(Oc2ccc(OC)c(S(=O)(=O)NC3CC4CCC3C4)c2)c(Cl)c1. The summed E-state index contributed by atoms with van der Waals surface area (Å²) in [6.45, 7) is 3.23. The molecule has 2 fully saturated rings.